The number of rotatable bonds is 4. The molecule has 2 heterocycles. The molecule has 10 heteroatoms. The van der Waals surface area contributed by atoms with Crippen LogP contribution >= 0.6 is 0 Å². The van der Waals surface area contributed by atoms with E-state index in [0.29, 0.717) is 13.0 Å². The standard InChI is InChI=1S/C23H20F3N5O2/c1-28-18-7-5-13(10-16(18)24)22-29-20(23(32)30-9-3-4-14(27)12-30)21(26)31(22)15-6-8-19(33-2)17(25)11-15/h5-8,10-11,14H,3-4,9,12,27H2,2H3/t14-/m0/s1. The van der Waals surface area contributed by atoms with Crippen LogP contribution in [-0.4, -0.2) is 46.6 Å². The molecule has 1 aliphatic heterocycles. The predicted octanol–water partition coefficient (Wildman–Crippen LogP) is 4.08. The number of piperidine rings is 1. The van der Waals surface area contributed by atoms with Crippen LogP contribution in [0.15, 0.2) is 36.4 Å². The van der Waals surface area contributed by atoms with Gasteiger partial charge in [0.05, 0.1) is 19.4 Å². The highest BCUT2D eigenvalue weighted by Gasteiger charge is 2.30. The number of hydrogen-bond donors (Lipinski definition) is 1. The minimum atomic E-state index is -1.02. The van der Waals surface area contributed by atoms with E-state index in [9.17, 15) is 13.6 Å². The Morgan fingerprint density at radius 1 is 1.21 bits per heavy atom. The Labute approximate surface area is 188 Å². The molecule has 1 saturated heterocycles. The quantitative estimate of drug-likeness (QED) is 0.602. The van der Waals surface area contributed by atoms with Crippen LogP contribution < -0.4 is 10.5 Å². The smallest absolute Gasteiger partial charge is 0.277 e. The Morgan fingerprint density at radius 3 is 2.64 bits per heavy atom. The second-order valence-corrected chi connectivity index (χ2v) is 7.66. The number of halogens is 3. The van der Waals surface area contributed by atoms with Crippen molar-refractivity contribution in [2.75, 3.05) is 20.2 Å². The zero-order valence-corrected chi connectivity index (χ0v) is 17.7. The van der Waals surface area contributed by atoms with E-state index in [1.54, 1.807) is 0 Å². The number of nitrogens with two attached hydrogens (primary N) is 1. The fourth-order valence-corrected chi connectivity index (χ4v) is 3.84. The molecular weight excluding hydrogens is 435 g/mol. The van der Waals surface area contributed by atoms with E-state index in [4.69, 9.17) is 17.0 Å². The van der Waals surface area contributed by atoms with Crippen molar-refractivity contribution < 1.29 is 22.7 Å². The maximum Gasteiger partial charge on any atom is 0.277 e. The summed E-state index contributed by atoms with van der Waals surface area (Å²) in [5, 5.41) is 0. The highest BCUT2D eigenvalue weighted by atomic mass is 19.1. The van der Waals surface area contributed by atoms with Gasteiger partial charge in [-0.25, -0.2) is 18.6 Å². The molecule has 0 saturated carbocycles. The van der Waals surface area contributed by atoms with E-state index in [-0.39, 0.29) is 41.1 Å². The van der Waals surface area contributed by atoms with Crippen LogP contribution in [0.2, 0.25) is 0 Å². The van der Waals surface area contributed by atoms with E-state index >= 15 is 4.39 Å². The zero-order chi connectivity index (χ0) is 23.7. The molecule has 1 aliphatic rings. The van der Waals surface area contributed by atoms with Crippen LogP contribution in [0.4, 0.5) is 18.9 Å². The van der Waals surface area contributed by atoms with Gasteiger partial charge in [0.15, 0.2) is 17.3 Å². The van der Waals surface area contributed by atoms with Gasteiger partial charge in [-0.3, -0.25) is 9.36 Å². The third-order valence-electron chi connectivity index (χ3n) is 5.49. The third kappa shape index (κ3) is 4.15. The largest absolute Gasteiger partial charge is 0.494 e. The molecule has 0 unspecified atom stereocenters. The predicted molar refractivity (Wildman–Crippen MR) is 115 cm³/mol. The number of aromatic nitrogens is 2. The Hall–Kier alpha value is -3.84. The van der Waals surface area contributed by atoms with Crippen molar-refractivity contribution in [1.29, 1.82) is 0 Å². The van der Waals surface area contributed by atoms with Gasteiger partial charge < -0.3 is 15.4 Å². The third-order valence-corrected chi connectivity index (χ3v) is 5.49. The maximum atomic E-state index is 15.7. The summed E-state index contributed by atoms with van der Waals surface area (Å²) >= 11 is 0. The van der Waals surface area contributed by atoms with Gasteiger partial charge >= 0.3 is 0 Å². The minimum Gasteiger partial charge on any atom is -0.494 e. The Bertz CT molecular complexity index is 1270. The van der Waals surface area contributed by atoms with Crippen molar-refractivity contribution in [3.8, 4) is 22.8 Å². The molecule has 0 radical (unpaired) electrons. The van der Waals surface area contributed by atoms with Gasteiger partial charge in [0.2, 0.25) is 11.6 Å². The van der Waals surface area contributed by atoms with E-state index < -0.39 is 29.2 Å². The number of amides is 1. The number of imidazole rings is 1. The van der Waals surface area contributed by atoms with Crippen molar-refractivity contribution in [3.63, 3.8) is 0 Å². The topological polar surface area (TPSA) is 77.7 Å². The van der Waals surface area contributed by atoms with E-state index in [1.807, 2.05) is 0 Å². The lowest BCUT2D eigenvalue weighted by atomic mass is 10.1. The summed E-state index contributed by atoms with van der Waals surface area (Å²) in [6.45, 7) is 7.67. The highest BCUT2D eigenvalue weighted by molar-refractivity contribution is 5.93. The van der Waals surface area contributed by atoms with Crippen molar-refractivity contribution in [3.05, 3.63) is 71.1 Å². The van der Waals surface area contributed by atoms with Gasteiger partial charge in [0.1, 0.15) is 11.6 Å². The van der Waals surface area contributed by atoms with Gasteiger partial charge in [-0.05, 0) is 31.0 Å². The molecule has 0 aliphatic carbocycles. The number of methoxy groups -OCH3 is 1. The number of carbonyl (C=O) groups is 1. The van der Waals surface area contributed by atoms with Crippen molar-refractivity contribution in [1.82, 2.24) is 14.5 Å². The molecule has 1 fully saturated rings. The molecular formula is C23H20F3N5O2. The Morgan fingerprint density at radius 2 is 2.00 bits per heavy atom. The van der Waals surface area contributed by atoms with E-state index in [0.717, 1.165) is 23.1 Å². The average Bonchev–Trinajstić information content (AvgIpc) is 3.15. The molecule has 0 spiro atoms. The monoisotopic (exact) mass is 455 g/mol. The number of hydrogen-bond acceptors (Lipinski definition) is 4. The number of nitrogens with zero attached hydrogens (tertiary/aromatic N) is 4. The molecule has 7 nitrogen and oxygen atoms in total. The molecule has 170 valence electrons. The molecule has 4 rings (SSSR count). The first-order valence-corrected chi connectivity index (χ1v) is 10.2. The first-order chi connectivity index (χ1) is 15.8. The number of ether oxygens (including phenoxy) is 1. The molecule has 1 amide bonds. The maximum absolute atomic E-state index is 15.7. The van der Waals surface area contributed by atoms with Crippen LogP contribution in [0.1, 0.15) is 23.3 Å². The molecule has 1 aromatic heterocycles. The van der Waals surface area contributed by atoms with Crippen LogP contribution in [0.25, 0.3) is 21.9 Å². The lowest BCUT2D eigenvalue weighted by Gasteiger charge is -2.30. The summed E-state index contributed by atoms with van der Waals surface area (Å²) in [4.78, 5) is 21.8. The van der Waals surface area contributed by atoms with Crippen LogP contribution in [0.3, 0.4) is 0 Å². The van der Waals surface area contributed by atoms with Gasteiger partial charge in [-0.1, -0.05) is 12.1 Å². The molecule has 3 aromatic rings. The first-order valence-electron chi connectivity index (χ1n) is 10.2. The second-order valence-electron chi connectivity index (χ2n) is 7.66. The summed E-state index contributed by atoms with van der Waals surface area (Å²) in [7, 11) is 1.29. The molecule has 0 bridgehead atoms. The van der Waals surface area contributed by atoms with Crippen LogP contribution in [0, 0.1) is 24.2 Å². The summed E-state index contributed by atoms with van der Waals surface area (Å²) in [5.41, 5.74) is 5.39. The van der Waals surface area contributed by atoms with E-state index in [2.05, 4.69) is 9.83 Å². The Kier molecular flexibility index (Phi) is 6.07. The highest BCUT2D eigenvalue weighted by Crippen LogP contribution is 2.31. The SMILES string of the molecule is [C-]#[N+]c1ccc(-c2nc(C(=O)N3CCC[C@H](N)C3)c(F)n2-c2ccc(OC)c(F)c2)cc1F. The van der Waals surface area contributed by atoms with Gasteiger partial charge in [-0.2, -0.15) is 4.39 Å². The van der Waals surface area contributed by atoms with Gasteiger partial charge in [0.25, 0.3) is 5.91 Å². The summed E-state index contributed by atoms with van der Waals surface area (Å²) in [6.07, 6.45) is 1.43. The zero-order valence-electron chi connectivity index (χ0n) is 17.7. The first kappa shape index (κ1) is 22.4. The minimum absolute atomic E-state index is 0.0253. The summed E-state index contributed by atoms with van der Waals surface area (Å²) in [5.74, 6) is -3.42. The van der Waals surface area contributed by atoms with E-state index in [1.165, 1.54) is 36.3 Å². The Balaban J connectivity index is 1.88. The van der Waals surface area contributed by atoms with Crippen LogP contribution in [0.5, 0.6) is 5.75 Å². The van der Waals surface area contributed by atoms with Crippen molar-refractivity contribution in [2.45, 2.75) is 18.9 Å². The fraction of sp³-hybridized carbons (Fsp3) is 0.261. The second kappa shape index (κ2) is 8.96. The normalized spacial score (nSPS) is 15.9. The number of carbonyl (C=O) groups excluding carboxylic acids is 1. The lowest BCUT2D eigenvalue weighted by Crippen LogP contribution is -2.46. The summed E-state index contributed by atoms with van der Waals surface area (Å²) < 4.78 is 50.2. The summed E-state index contributed by atoms with van der Waals surface area (Å²) in [6, 6.07) is 7.15. The van der Waals surface area contributed by atoms with Gasteiger partial charge in [0, 0.05) is 30.8 Å². The number of benzene rings is 2. The van der Waals surface area contributed by atoms with Gasteiger partial charge in [-0.15, -0.1) is 0 Å². The number of likely N-dealkylation sites (tertiary alicyclic amines) is 1. The molecule has 33 heavy (non-hydrogen) atoms. The molecule has 1 atom stereocenters. The average molecular weight is 455 g/mol. The lowest BCUT2D eigenvalue weighted by molar-refractivity contribution is 0.0698. The fourth-order valence-electron chi connectivity index (χ4n) is 3.84. The van der Waals surface area contributed by atoms with Crippen molar-refractivity contribution >= 4 is 11.6 Å². The molecule has 2 N–H and O–H groups in total. The molecule has 2 aromatic carbocycles. The van der Waals surface area contributed by atoms with Crippen molar-refractivity contribution in [2.24, 2.45) is 5.73 Å². The van der Waals surface area contributed by atoms with Crippen LogP contribution in [-0.2, 0) is 0 Å².